The zero-order valence-corrected chi connectivity index (χ0v) is 5.24. The Bertz CT molecular complexity index is 178. The van der Waals surface area contributed by atoms with Gasteiger partial charge in [0.05, 0.1) is 0 Å². The summed E-state index contributed by atoms with van der Waals surface area (Å²) in [6.45, 7) is 0. The third kappa shape index (κ3) is 1.27. The lowest BCUT2D eigenvalue weighted by Gasteiger charge is -1.80. The number of halogens is 2. The van der Waals surface area contributed by atoms with Gasteiger partial charge < -0.3 is 0 Å². The van der Waals surface area contributed by atoms with E-state index in [-0.39, 0.29) is 10.5 Å². The zero-order valence-electron chi connectivity index (χ0n) is 3.73. The van der Waals surface area contributed by atoms with Crippen molar-refractivity contribution in [2.45, 2.75) is 0 Å². The molecular weight excluding hydrogens is 147 g/mol. The first-order valence-corrected chi connectivity index (χ1v) is 2.60. The molecule has 40 valence electrons. The molecule has 2 nitrogen and oxygen atoms in total. The molecular formula is C4HCl2N2+. The smallest absolute Gasteiger partial charge is 0.173 e. The van der Waals surface area contributed by atoms with Crippen LogP contribution in [-0.4, -0.2) is 10.5 Å². The van der Waals surface area contributed by atoms with Gasteiger partial charge in [0.15, 0.2) is 0 Å². The van der Waals surface area contributed by atoms with Crippen LogP contribution < -0.4 is 0 Å². The molecule has 4 heteroatoms. The van der Waals surface area contributed by atoms with Crippen LogP contribution in [0.3, 0.4) is 0 Å². The molecule has 0 aromatic carbocycles. The number of hydrogen-bond donors (Lipinski definition) is 0. The monoisotopic (exact) mass is 147 g/mol. The molecule has 0 N–H and O–H groups in total. The lowest BCUT2D eigenvalue weighted by Crippen LogP contribution is -1.91. The second kappa shape index (κ2) is 2.23. The minimum absolute atomic E-state index is 0.147. The van der Waals surface area contributed by atoms with Crippen molar-refractivity contribution in [2.75, 3.05) is 0 Å². The van der Waals surface area contributed by atoms with Crippen LogP contribution in [0, 0.1) is 6.08 Å². The summed E-state index contributed by atoms with van der Waals surface area (Å²) in [7, 11) is 0. The lowest BCUT2D eigenvalue weighted by atomic mass is 10.6. The van der Waals surface area contributed by atoms with Gasteiger partial charge in [0.2, 0.25) is 5.29 Å². The maximum Gasteiger partial charge on any atom is 0.384 e. The molecule has 0 radical (unpaired) electrons. The van der Waals surface area contributed by atoms with Crippen LogP contribution >= 0.6 is 23.2 Å². The van der Waals surface area contributed by atoms with E-state index in [0.717, 1.165) is 0 Å². The highest BCUT2D eigenvalue weighted by Crippen LogP contribution is 1.99. The van der Waals surface area contributed by atoms with Gasteiger partial charge in [-0.25, -0.2) is 0 Å². The molecule has 0 aliphatic carbocycles. The Morgan fingerprint density at radius 3 is 2.62 bits per heavy atom. The van der Waals surface area contributed by atoms with E-state index in [4.69, 9.17) is 23.2 Å². The lowest BCUT2D eigenvalue weighted by molar-refractivity contribution is 1.50. The molecule has 0 atom stereocenters. The van der Waals surface area contributed by atoms with Crippen LogP contribution in [0.1, 0.15) is 0 Å². The standard InChI is InChI=1S/C4HCl2N2/c5-3-1-2-7-4(6)8-3/h2H/q+1. The summed E-state index contributed by atoms with van der Waals surface area (Å²) in [5.74, 6) is 0. The van der Waals surface area contributed by atoms with E-state index in [1.165, 1.54) is 6.20 Å². The quantitative estimate of drug-likeness (QED) is 0.367. The van der Waals surface area contributed by atoms with E-state index in [1.54, 1.807) is 0 Å². The molecule has 1 heterocycles. The van der Waals surface area contributed by atoms with Crippen molar-refractivity contribution in [1.29, 1.82) is 0 Å². The second-order valence-electron chi connectivity index (χ2n) is 1.07. The summed E-state index contributed by atoms with van der Waals surface area (Å²) in [6.07, 6.45) is 3.90. The molecule has 1 aliphatic heterocycles. The topological polar surface area (TPSA) is 24.7 Å². The highest BCUT2D eigenvalue weighted by Gasteiger charge is 2.09. The summed E-state index contributed by atoms with van der Waals surface area (Å²) in [5, 5.41) is 0.388. The average molecular weight is 148 g/mol. The van der Waals surface area contributed by atoms with Gasteiger partial charge in [0.25, 0.3) is 6.20 Å². The van der Waals surface area contributed by atoms with Gasteiger partial charge in [-0.2, -0.15) is 9.98 Å². The van der Waals surface area contributed by atoms with Gasteiger partial charge in [-0.1, -0.05) is 0 Å². The predicted octanol–water partition coefficient (Wildman–Crippen LogP) is 1.55. The second-order valence-corrected chi connectivity index (χ2v) is 1.77. The molecule has 0 saturated heterocycles. The fraction of sp³-hybridized carbons (Fsp3) is 0. The van der Waals surface area contributed by atoms with E-state index in [2.05, 4.69) is 16.1 Å². The van der Waals surface area contributed by atoms with Crippen LogP contribution in [0.25, 0.3) is 0 Å². The normalized spacial score (nSPS) is 16.8. The van der Waals surface area contributed by atoms with Crippen LogP contribution in [0.15, 0.2) is 16.2 Å². The number of allylic oxidation sites excluding steroid dienone is 1. The third-order valence-corrected chi connectivity index (χ3v) is 0.921. The molecule has 0 aromatic rings. The zero-order chi connectivity index (χ0) is 5.98. The highest BCUT2D eigenvalue weighted by atomic mass is 35.5. The molecule has 0 amide bonds. The van der Waals surface area contributed by atoms with Gasteiger partial charge in [-0.15, -0.1) is 0 Å². The van der Waals surface area contributed by atoms with Crippen LogP contribution in [0.2, 0.25) is 0 Å². The van der Waals surface area contributed by atoms with E-state index in [9.17, 15) is 0 Å². The van der Waals surface area contributed by atoms with Gasteiger partial charge in [0, 0.05) is 0 Å². The fourth-order valence-corrected chi connectivity index (χ4v) is 0.586. The van der Waals surface area contributed by atoms with Crippen LogP contribution in [0.4, 0.5) is 0 Å². The first kappa shape index (κ1) is 5.70. The Labute approximate surface area is 56.5 Å². The van der Waals surface area contributed by atoms with Crippen LogP contribution in [0.5, 0.6) is 0 Å². The molecule has 0 saturated carbocycles. The summed E-state index contributed by atoms with van der Waals surface area (Å²) < 4.78 is 0. The van der Waals surface area contributed by atoms with E-state index in [0.29, 0.717) is 0 Å². The Morgan fingerprint density at radius 1 is 1.50 bits per heavy atom. The number of nitrogens with zero attached hydrogens (tertiary/aromatic N) is 2. The first-order valence-electron chi connectivity index (χ1n) is 1.85. The number of aliphatic imine (C=N–C) groups is 2. The third-order valence-electron chi connectivity index (χ3n) is 0.545. The van der Waals surface area contributed by atoms with Crippen molar-refractivity contribution in [3.05, 3.63) is 12.3 Å². The summed E-state index contributed by atoms with van der Waals surface area (Å²) in [4.78, 5) is 7.09. The number of rotatable bonds is 0. The van der Waals surface area contributed by atoms with Crippen molar-refractivity contribution in [3.63, 3.8) is 0 Å². The van der Waals surface area contributed by atoms with Gasteiger partial charge >= 0.3 is 11.2 Å². The van der Waals surface area contributed by atoms with Crippen molar-refractivity contribution >= 4 is 33.7 Å². The maximum atomic E-state index is 5.35. The van der Waals surface area contributed by atoms with E-state index in [1.807, 2.05) is 0 Å². The Morgan fingerprint density at radius 2 is 2.25 bits per heavy atom. The summed E-state index contributed by atoms with van der Waals surface area (Å²) >= 11 is 10.7. The van der Waals surface area contributed by atoms with Gasteiger partial charge in [-0.05, 0) is 23.2 Å². The van der Waals surface area contributed by atoms with Crippen molar-refractivity contribution in [3.8, 4) is 0 Å². The summed E-state index contributed by atoms with van der Waals surface area (Å²) in [5.41, 5.74) is 0. The molecule has 8 heavy (non-hydrogen) atoms. The fourth-order valence-electron chi connectivity index (χ4n) is 0.281. The predicted molar refractivity (Wildman–Crippen MR) is 34.4 cm³/mol. The molecule has 0 bridgehead atoms. The van der Waals surface area contributed by atoms with Crippen molar-refractivity contribution in [1.82, 2.24) is 0 Å². The number of hydrogen-bond acceptors (Lipinski definition) is 2. The summed E-state index contributed by atoms with van der Waals surface area (Å²) in [6, 6.07) is 0. The SMILES string of the molecule is ClC1=NC(Cl)=NC=[C+]1. The van der Waals surface area contributed by atoms with Crippen molar-refractivity contribution < 1.29 is 0 Å². The molecule has 0 aromatic heterocycles. The Balaban J connectivity index is 2.89. The largest absolute Gasteiger partial charge is 0.384 e. The molecule has 0 fully saturated rings. The average Bonchev–Trinajstić information content (AvgIpc) is 1.64. The molecule has 0 spiro atoms. The molecule has 1 aliphatic rings. The maximum absolute atomic E-state index is 5.35. The Kier molecular flexibility index (Phi) is 1.59. The van der Waals surface area contributed by atoms with Gasteiger partial charge in [0.1, 0.15) is 0 Å². The van der Waals surface area contributed by atoms with E-state index < -0.39 is 0 Å². The van der Waals surface area contributed by atoms with E-state index >= 15 is 0 Å². The highest BCUT2D eigenvalue weighted by molar-refractivity contribution is 6.73. The minimum Gasteiger partial charge on any atom is -0.173 e. The molecule has 0 unspecified atom stereocenters. The molecule has 1 rings (SSSR count). The number of amidine groups is 1. The van der Waals surface area contributed by atoms with Gasteiger partial charge in [-0.3, -0.25) is 0 Å². The van der Waals surface area contributed by atoms with Crippen molar-refractivity contribution in [2.24, 2.45) is 9.98 Å². The minimum atomic E-state index is 0.147. The van der Waals surface area contributed by atoms with Crippen LogP contribution in [-0.2, 0) is 0 Å². The first-order chi connectivity index (χ1) is 3.79. The Hall–Kier alpha value is -0.430.